The first-order chi connectivity index (χ1) is 10.4. The van der Waals surface area contributed by atoms with E-state index in [2.05, 4.69) is 59.9 Å². The molecule has 2 heteroatoms. The molecule has 0 fully saturated rings. The highest BCUT2D eigenvalue weighted by atomic mass is 14.9. The van der Waals surface area contributed by atoms with Crippen LogP contribution in [0.4, 0.5) is 5.69 Å². The quantitative estimate of drug-likeness (QED) is 0.757. The molecule has 0 spiro atoms. The van der Waals surface area contributed by atoms with Crippen molar-refractivity contribution < 1.29 is 0 Å². The minimum atomic E-state index is 0.480. The minimum Gasteiger partial charge on any atom is -0.382 e. The van der Waals surface area contributed by atoms with Gasteiger partial charge in [-0.3, -0.25) is 4.98 Å². The second-order valence-corrected chi connectivity index (χ2v) is 5.74. The van der Waals surface area contributed by atoms with Gasteiger partial charge in [-0.15, -0.1) is 0 Å². The monoisotopic (exact) mass is 274 g/mol. The van der Waals surface area contributed by atoms with Gasteiger partial charge in [-0.05, 0) is 36.6 Å². The normalized spacial score (nSPS) is 17.2. The molecule has 0 saturated heterocycles. The molecule has 0 aliphatic carbocycles. The maximum atomic E-state index is 4.79. The summed E-state index contributed by atoms with van der Waals surface area (Å²) in [6.07, 6.45) is 3.31. The Morgan fingerprint density at radius 3 is 2.81 bits per heavy atom. The van der Waals surface area contributed by atoms with Crippen molar-refractivity contribution in [1.82, 2.24) is 4.98 Å². The first kappa shape index (κ1) is 12.4. The zero-order valence-electron chi connectivity index (χ0n) is 11.9. The van der Waals surface area contributed by atoms with E-state index in [1.807, 2.05) is 6.07 Å². The third-order valence-corrected chi connectivity index (χ3v) is 4.25. The molecule has 1 aromatic heterocycles. The predicted octanol–water partition coefficient (Wildman–Crippen LogP) is 4.20. The van der Waals surface area contributed by atoms with Crippen molar-refractivity contribution >= 4 is 16.6 Å². The van der Waals surface area contributed by atoms with Crippen LogP contribution in [0.15, 0.2) is 60.7 Å². The summed E-state index contributed by atoms with van der Waals surface area (Å²) in [7, 11) is 0. The highest BCUT2D eigenvalue weighted by molar-refractivity contribution is 5.78. The first-order valence-corrected chi connectivity index (χ1v) is 7.57. The summed E-state index contributed by atoms with van der Waals surface area (Å²) in [5.41, 5.74) is 4.98. The van der Waals surface area contributed by atoms with Crippen molar-refractivity contribution in [2.45, 2.75) is 25.3 Å². The number of aromatic nitrogens is 1. The molecule has 1 aliphatic heterocycles. The van der Waals surface area contributed by atoms with Crippen LogP contribution in [-0.4, -0.2) is 11.0 Å². The number of para-hydroxylation sites is 2. The van der Waals surface area contributed by atoms with Crippen LogP contribution in [0.1, 0.15) is 17.7 Å². The topological polar surface area (TPSA) is 24.9 Å². The number of aryl methyl sites for hydroxylation is 1. The van der Waals surface area contributed by atoms with Crippen LogP contribution in [0, 0.1) is 0 Å². The lowest BCUT2D eigenvalue weighted by Gasteiger charge is -2.26. The number of fused-ring (bicyclic) bond motifs is 2. The van der Waals surface area contributed by atoms with Gasteiger partial charge in [0, 0.05) is 29.2 Å². The lowest BCUT2D eigenvalue weighted by atomic mass is 9.95. The summed E-state index contributed by atoms with van der Waals surface area (Å²) in [4.78, 5) is 4.79. The smallest absolute Gasteiger partial charge is 0.0705 e. The molecule has 2 aromatic carbocycles. The van der Waals surface area contributed by atoms with Crippen LogP contribution in [0.3, 0.4) is 0 Å². The van der Waals surface area contributed by atoms with Crippen molar-refractivity contribution in [1.29, 1.82) is 0 Å². The number of nitrogens with one attached hydrogen (secondary N) is 1. The van der Waals surface area contributed by atoms with E-state index in [-0.39, 0.29) is 0 Å². The average Bonchev–Trinajstić information content (AvgIpc) is 2.55. The van der Waals surface area contributed by atoms with Gasteiger partial charge >= 0.3 is 0 Å². The number of pyridine rings is 1. The molecule has 2 heterocycles. The van der Waals surface area contributed by atoms with Crippen molar-refractivity contribution in [3.8, 4) is 0 Å². The number of nitrogens with zero attached hydrogens (tertiary/aromatic N) is 1. The van der Waals surface area contributed by atoms with E-state index >= 15 is 0 Å². The third-order valence-electron chi connectivity index (χ3n) is 4.25. The van der Waals surface area contributed by atoms with Crippen LogP contribution in [-0.2, 0) is 12.8 Å². The van der Waals surface area contributed by atoms with Gasteiger partial charge in [0.25, 0.3) is 0 Å². The zero-order chi connectivity index (χ0) is 14.1. The van der Waals surface area contributed by atoms with Gasteiger partial charge in [0.05, 0.1) is 5.52 Å². The van der Waals surface area contributed by atoms with Crippen molar-refractivity contribution in [2.24, 2.45) is 0 Å². The molecule has 0 amide bonds. The van der Waals surface area contributed by atoms with E-state index in [9.17, 15) is 0 Å². The highest BCUT2D eigenvalue weighted by Gasteiger charge is 2.17. The average molecular weight is 274 g/mol. The first-order valence-electron chi connectivity index (χ1n) is 7.57. The Morgan fingerprint density at radius 1 is 0.952 bits per heavy atom. The number of benzene rings is 2. The van der Waals surface area contributed by atoms with Crippen LogP contribution in [0.5, 0.6) is 0 Å². The van der Waals surface area contributed by atoms with Crippen LogP contribution in [0.2, 0.25) is 0 Å². The van der Waals surface area contributed by atoms with Gasteiger partial charge in [0.15, 0.2) is 0 Å². The summed E-state index contributed by atoms with van der Waals surface area (Å²) >= 11 is 0. The lowest BCUT2D eigenvalue weighted by Crippen LogP contribution is -2.27. The summed E-state index contributed by atoms with van der Waals surface area (Å²) in [6.45, 7) is 0. The van der Waals surface area contributed by atoms with Gasteiger partial charge in [-0.1, -0.05) is 42.5 Å². The fourth-order valence-electron chi connectivity index (χ4n) is 3.13. The highest BCUT2D eigenvalue weighted by Crippen LogP contribution is 2.25. The van der Waals surface area contributed by atoms with Crippen molar-refractivity contribution in [3.63, 3.8) is 0 Å². The van der Waals surface area contributed by atoms with E-state index < -0.39 is 0 Å². The van der Waals surface area contributed by atoms with Crippen LogP contribution >= 0.6 is 0 Å². The molecule has 0 radical (unpaired) electrons. The maximum Gasteiger partial charge on any atom is 0.0705 e. The fraction of sp³-hybridized carbons (Fsp3) is 0.211. The molecule has 4 rings (SSSR count). The van der Waals surface area contributed by atoms with E-state index in [4.69, 9.17) is 4.98 Å². The number of hydrogen-bond donors (Lipinski definition) is 1. The van der Waals surface area contributed by atoms with Gasteiger partial charge in [0.2, 0.25) is 0 Å². The Labute approximate surface area is 124 Å². The standard InChI is InChI=1S/C19H18N2/c1-3-7-18-14(5-1)9-11-16(20-18)13-17-12-10-15-6-2-4-8-19(15)21-17/h1-9,11,17,21H,10,12-13H2. The minimum absolute atomic E-state index is 0.480. The Balaban J connectivity index is 1.55. The van der Waals surface area contributed by atoms with Gasteiger partial charge in [-0.25, -0.2) is 0 Å². The molecule has 104 valence electrons. The molecule has 3 aromatic rings. The summed E-state index contributed by atoms with van der Waals surface area (Å²) in [5.74, 6) is 0. The van der Waals surface area contributed by atoms with Crippen molar-refractivity contribution in [3.05, 3.63) is 71.9 Å². The molecule has 2 nitrogen and oxygen atoms in total. The number of anilines is 1. The maximum absolute atomic E-state index is 4.79. The van der Waals surface area contributed by atoms with E-state index in [0.717, 1.165) is 18.4 Å². The largest absolute Gasteiger partial charge is 0.382 e. The van der Waals surface area contributed by atoms with Gasteiger partial charge in [-0.2, -0.15) is 0 Å². The third kappa shape index (κ3) is 2.49. The Bertz CT molecular complexity index is 779. The molecule has 1 atom stereocenters. The number of hydrogen-bond acceptors (Lipinski definition) is 2. The SMILES string of the molecule is c1ccc2c(c1)CCC(Cc1ccc3ccccc3n1)N2. The fourth-order valence-corrected chi connectivity index (χ4v) is 3.13. The molecular weight excluding hydrogens is 256 g/mol. The molecule has 1 aliphatic rings. The zero-order valence-corrected chi connectivity index (χ0v) is 11.9. The molecule has 21 heavy (non-hydrogen) atoms. The molecule has 1 unspecified atom stereocenters. The second-order valence-electron chi connectivity index (χ2n) is 5.74. The molecule has 0 bridgehead atoms. The lowest BCUT2D eigenvalue weighted by molar-refractivity contribution is 0.621. The van der Waals surface area contributed by atoms with E-state index in [1.165, 1.54) is 28.8 Å². The second kappa shape index (κ2) is 5.21. The van der Waals surface area contributed by atoms with E-state index in [1.54, 1.807) is 0 Å². The van der Waals surface area contributed by atoms with Crippen LogP contribution < -0.4 is 5.32 Å². The summed E-state index contributed by atoms with van der Waals surface area (Å²) in [5, 5.41) is 4.86. The number of rotatable bonds is 2. The van der Waals surface area contributed by atoms with Crippen molar-refractivity contribution in [2.75, 3.05) is 5.32 Å². The summed E-state index contributed by atoms with van der Waals surface area (Å²) < 4.78 is 0. The molecule has 1 N–H and O–H groups in total. The van der Waals surface area contributed by atoms with Crippen LogP contribution in [0.25, 0.3) is 10.9 Å². The predicted molar refractivity (Wildman–Crippen MR) is 87.6 cm³/mol. The summed E-state index contributed by atoms with van der Waals surface area (Å²) in [6, 6.07) is 21.7. The van der Waals surface area contributed by atoms with E-state index in [0.29, 0.717) is 6.04 Å². The Morgan fingerprint density at radius 2 is 1.81 bits per heavy atom. The Kier molecular flexibility index (Phi) is 3.07. The van der Waals surface area contributed by atoms with Gasteiger partial charge in [0.1, 0.15) is 0 Å². The van der Waals surface area contributed by atoms with Gasteiger partial charge < -0.3 is 5.32 Å². The molecular formula is C19H18N2. The molecule has 0 saturated carbocycles. The Hall–Kier alpha value is -2.35.